The van der Waals surface area contributed by atoms with Gasteiger partial charge in [-0.25, -0.2) is 10.2 Å². The number of rotatable bonds is 9. The van der Waals surface area contributed by atoms with E-state index in [0.717, 1.165) is 0 Å². The molecule has 0 fully saturated rings. The molecule has 0 radical (unpaired) electrons. The average molecular weight is 441 g/mol. The van der Waals surface area contributed by atoms with Crippen molar-refractivity contribution in [2.24, 2.45) is 0 Å². The lowest BCUT2D eigenvalue weighted by Gasteiger charge is -2.21. The van der Waals surface area contributed by atoms with Gasteiger partial charge < -0.3 is 4.52 Å². The van der Waals surface area contributed by atoms with Crippen LogP contribution in [0.3, 0.4) is 0 Å². The monoisotopic (exact) mass is 440 g/mol. The summed E-state index contributed by atoms with van der Waals surface area (Å²) in [5.74, 6) is 0.141. The molecule has 0 unspecified atom stereocenters. The molecule has 0 amide bonds. The van der Waals surface area contributed by atoms with Crippen molar-refractivity contribution in [2.45, 2.75) is 6.61 Å². The molecule has 28 heavy (non-hydrogen) atoms. The Morgan fingerprint density at radius 3 is 1.93 bits per heavy atom. The minimum absolute atomic E-state index is 0.0156. The van der Waals surface area contributed by atoms with Crippen LogP contribution in [0.4, 0.5) is 0 Å². The van der Waals surface area contributed by atoms with Crippen LogP contribution in [-0.4, -0.2) is 36.4 Å². The van der Waals surface area contributed by atoms with Gasteiger partial charge in [0.1, 0.15) is 0 Å². The van der Waals surface area contributed by atoms with Crippen molar-refractivity contribution in [2.75, 3.05) is 24.8 Å². The number of hydrogen-bond donors (Lipinski definition) is 2. The van der Waals surface area contributed by atoms with Crippen LogP contribution in [0.15, 0.2) is 42.5 Å². The van der Waals surface area contributed by atoms with E-state index < -0.39 is 7.67 Å². The van der Waals surface area contributed by atoms with Crippen molar-refractivity contribution in [3.05, 3.63) is 70.3 Å². The molecule has 6 nitrogen and oxygen atoms in total. The summed E-state index contributed by atoms with van der Waals surface area (Å²) < 4.78 is 18.4. The Balaban J connectivity index is 1.81. The molecule has 0 saturated carbocycles. The number of benzene rings is 2. The highest BCUT2D eigenvalue weighted by molar-refractivity contribution is 7.54. The second-order valence-corrected chi connectivity index (χ2v) is 8.85. The number of carbonyl (C=O) groups excluding carboxylic acids is 2. The molecule has 2 aromatic rings. The van der Waals surface area contributed by atoms with Gasteiger partial charge in [-0.2, -0.15) is 0 Å². The molecule has 1 aliphatic carbocycles. The SMILES string of the molecule is O=C1c2ccccc2C(=O)c2cc(COP(=O)(NCCCl)NCCCl)ccc21. The molecule has 0 heterocycles. The zero-order valence-corrected chi connectivity index (χ0v) is 17.3. The van der Waals surface area contributed by atoms with E-state index >= 15 is 0 Å². The van der Waals surface area contributed by atoms with E-state index in [1.54, 1.807) is 42.5 Å². The lowest BCUT2D eigenvalue weighted by molar-refractivity contribution is 0.0979. The molecule has 0 saturated heterocycles. The molecule has 0 atom stereocenters. The van der Waals surface area contributed by atoms with E-state index in [1.807, 2.05) is 0 Å². The van der Waals surface area contributed by atoms with Crippen LogP contribution in [0.2, 0.25) is 0 Å². The first-order valence-corrected chi connectivity index (χ1v) is 11.4. The smallest absolute Gasteiger partial charge is 0.301 e. The Bertz CT molecular complexity index is 939. The summed E-state index contributed by atoms with van der Waals surface area (Å²) in [6.07, 6.45) is 0. The highest BCUT2D eigenvalue weighted by Crippen LogP contribution is 2.38. The minimum atomic E-state index is -3.35. The van der Waals surface area contributed by atoms with Crippen molar-refractivity contribution in [3.8, 4) is 0 Å². The highest BCUT2D eigenvalue weighted by atomic mass is 35.5. The van der Waals surface area contributed by atoms with E-state index in [1.165, 1.54) is 0 Å². The van der Waals surface area contributed by atoms with Crippen molar-refractivity contribution >= 4 is 42.4 Å². The van der Waals surface area contributed by atoms with Crippen LogP contribution in [0.5, 0.6) is 0 Å². The Hall–Kier alpha value is -1.53. The normalized spacial score (nSPS) is 13.4. The molecule has 0 aliphatic heterocycles. The Morgan fingerprint density at radius 1 is 0.821 bits per heavy atom. The van der Waals surface area contributed by atoms with Crippen LogP contribution in [0, 0.1) is 0 Å². The average Bonchev–Trinajstić information content (AvgIpc) is 2.73. The van der Waals surface area contributed by atoms with Crippen LogP contribution in [-0.2, 0) is 15.7 Å². The van der Waals surface area contributed by atoms with Gasteiger partial charge in [-0.3, -0.25) is 14.2 Å². The maximum Gasteiger partial charge on any atom is 0.341 e. The highest BCUT2D eigenvalue weighted by Gasteiger charge is 2.29. The minimum Gasteiger partial charge on any atom is -0.301 e. The number of fused-ring (bicyclic) bond motifs is 2. The fourth-order valence-corrected chi connectivity index (χ4v) is 4.82. The van der Waals surface area contributed by atoms with Gasteiger partial charge in [0, 0.05) is 47.1 Å². The quantitative estimate of drug-likeness (QED) is 0.389. The van der Waals surface area contributed by atoms with Crippen molar-refractivity contribution < 1.29 is 18.7 Å². The first-order chi connectivity index (χ1) is 13.5. The van der Waals surface area contributed by atoms with Gasteiger partial charge in [-0.15, -0.1) is 23.2 Å². The molecule has 2 N–H and O–H groups in total. The van der Waals surface area contributed by atoms with E-state index in [-0.39, 0.29) is 29.9 Å². The van der Waals surface area contributed by atoms with Gasteiger partial charge in [0.05, 0.1) is 6.61 Å². The third-order valence-corrected chi connectivity index (χ3v) is 6.38. The number of nitrogens with one attached hydrogen (secondary N) is 2. The summed E-state index contributed by atoms with van der Waals surface area (Å²) in [5.41, 5.74) is 2.10. The third-order valence-electron chi connectivity index (χ3n) is 4.23. The third kappa shape index (κ3) is 4.54. The van der Waals surface area contributed by atoms with Gasteiger partial charge >= 0.3 is 7.67 Å². The molecule has 0 bridgehead atoms. The van der Waals surface area contributed by atoms with Gasteiger partial charge in [-0.1, -0.05) is 30.3 Å². The summed E-state index contributed by atoms with van der Waals surface area (Å²) in [5, 5.41) is 5.51. The molecule has 2 aromatic carbocycles. The second kappa shape index (κ2) is 9.31. The molecular formula is C19H19Cl2N2O4P. The maximum absolute atomic E-state index is 12.8. The topological polar surface area (TPSA) is 84.5 Å². The number of alkyl halides is 2. The van der Waals surface area contributed by atoms with Crippen molar-refractivity contribution in [1.29, 1.82) is 0 Å². The predicted octanol–water partition coefficient (Wildman–Crippen LogP) is 3.74. The molecule has 3 rings (SSSR count). The molecule has 1 aliphatic rings. The van der Waals surface area contributed by atoms with Gasteiger partial charge in [0.15, 0.2) is 11.6 Å². The van der Waals surface area contributed by atoms with E-state index in [9.17, 15) is 14.2 Å². The first kappa shape index (κ1) is 21.2. The van der Waals surface area contributed by atoms with Gasteiger partial charge in [-0.05, 0) is 17.7 Å². The fraction of sp³-hybridized carbons (Fsp3) is 0.263. The molecule has 0 aromatic heterocycles. The summed E-state index contributed by atoms with van der Waals surface area (Å²) in [7, 11) is -3.35. The van der Waals surface area contributed by atoms with Crippen molar-refractivity contribution in [1.82, 2.24) is 10.2 Å². The number of carbonyl (C=O) groups is 2. The van der Waals surface area contributed by atoms with Crippen LogP contribution in [0.1, 0.15) is 37.4 Å². The number of ketones is 2. The van der Waals surface area contributed by atoms with Gasteiger partial charge in [0.25, 0.3) is 0 Å². The van der Waals surface area contributed by atoms with Crippen LogP contribution >= 0.6 is 30.9 Å². The summed E-state index contributed by atoms with van der Waals surface area (Å²) >= 11 is 11.3. The maximum atomic E-state index is 12.8. The Morgan fingerprint density at radius 2 is 1.36 bits per heavy atom. The summed E-state index contributed by atoms with van der Waals surface area (Å²) in [6.45, 7) is 0.572. The largest absolute Gasteiger partial charge is 0.341 e. The lowest BCUT2D eigenvalue weighted by atomic mass is 9.83. The van der Waals surface area contributed by atoms with Crippen LogP contribution < -0.4 is 10.2 Å². The summed E-state index contributed by atoms with van der Waals surface area (Å²) in [6, 6.07) is 11.6. The van der Waals surface area contributed by atoms with Gasteiger partial charge in [0.2, 0.25) is 0 Å². The Labute approximate surface area is 173 Å². The standard InChI is InChI=1S/C19H19Cl2N2O4P/c20-7-9-22-28(26,23-10-8-21)27-12-13-5-6-16-17(11-13)19(25)15-4-2-1-3-14(15)18(16)24/h1-6,11H,7-10,12H2,(H2,22,23,26). The fourth-order valence-electron chi connectivity index (χ4n) is 2.93. The number of hydrogen-bond acceptors (Lipinski definition) is 4. The number of halogens is 2. The van der Waals surface area contributed by atoms with E-state index in [0.29, 0.717) is 40.9 Å². The Kier molecular flexibility index (Phi) is 7.05. The molecule has 148 valence electrons. The molecular weight excluding hydrogens is 422 g/mol. The second-order valence-electron chi connectivity index (χ2n) is 6.10. The van der Waals surface area contributed by atoms with Crippen LogP contribution in [0.25, 0.3) is 0 Å². The van der Waals surface area contributed by atoms with Crippen molar-refractivity contribution in [3.63, 3.8) is 0 Å². The molecule has 0 spiro atoms. The zero-order chi connectivity index (χ0) is 20.1. The van der Waals surface area contributed by atoms with E-state index in [4.69, 9.17) is 27.7 Å². The molecule has 9 heteroatoms. The summed E-state index contributed by atoms with van der Waals surface area (Å²) in [4.78, 5) is 25.4. The zero-order valence-electron chi connectivity index (χ0n) is 14.9. The predicted molar refractivity (Wildman–Crippen MR) is 110 cm³/mol. The van der Waals surface area contributed by atoms with E-state index in [2.05, 4.69) is 10.2 Å². The lowest BCUT2D eigenvalue weighted by Crippen LogP contribution is -2.27. The first-order valence-electron chi connectivity index (χ1n) is 8.67.